The third kappa shape index (κ3) is 5.61. The Bertz CT molecular complexity index is 977. The van der Waals surface area contributed by atoms with Crippen molar-refractivity contribution in [2.24, 2.45) is 0 Å². The predicted octanol–water partition coefficient (Wildman–Crippen LogP) is 2.82. The van der Waals surface area contributed by atoms with E-state index in [1.165, 1.54) is 0 Å². The number of hydrogen-bond acceptors (Lipinski definition) is 6. The summed E-state index contributed by atoms with van der Waals surface area (Å²) in [6, 6.07) is 9.92. The lowest BCUT2D eigenvalue weighted by molar-refractivity contribution is -0.121. The Hall–Kier alpha value is -3.75. The van der Waals surface area contributed by atoms with Crippen LogP contribution in [0, 0.1) is 0 Å². The molecule has 150 valence electrons. The van der Waals surface area contributed by atoms with Gasteiger partial charge < -0.3 is 9.84 Å². The van der Waals surface area contributed by atoms with E-state index in [1.807, 2.05) is 20.8 Å². The lowest BCUT2D eigenvalue weighted by Gasteiger charge is -2.10. The molecule has 9 heteroatoms. The first-order valence-electron chi connectivity index (χ1n) is 9.00. The fourth-order valence-electron chi connectivity index (χ4n) is 2.37. The molecule has 3 N–H and O–H groups in total. The van der Waals surface area contributed by atoms with Crippen LogP contribution in [0.1, 0.15) is 32.2 Å². The van der Waals surface area contributed by atoms with Gasteiger partial charge in [-0.05, 0) is 35.9 Å². The molecular formula is C20H22N6O3. The summed E-state index contributed by atoms with van der Waals surface area (Å²) in [6.07, 6.45) is 3.33. The minimum absolute atomic E-state index is 0.115. The van der Waals surface area contributed by atoms with Crippen LogP contribution in [0.5, 0.6) is 0 Å². The molecule has 3 amide bonds. The van der Waals surface area contributed by atoms with Crippen molar-refractivity contribution in [3.8, 4) is 11.4 Å². The summed E-state index contributed by atoms with van der Waals surface area (Å²) in [4.78, 5) is 32.1. The maximum absolute atomic E-state index is 11.9. The van der Waals surface area contributed by atoms with Crippen LogP contribution < -0.4 is 16.2 Å². The van der Waals surface area contributed by atoms with Crippen LogP contribution >= 0.6 is 0 Å². The van der Waals surface area contributed by atoms with Crippen molar-refractivity contribution in [2.45, 2.75) is 32.6 Å². The van der Waals surface area contributed by atoms with E-state index in [0.29, 0.717) is 17.4 Å². The van der Waals surface area contributed by atoms with Crippen molar-refractivity contribution in [2.75, 3.05) is 5.32 Å². The number of hydrogen-bond donors (Lipinski definition) is 3. The van der Waals surface area contributed by atoms with Crippen LogP contribution in [-0.2, 0) is 16.6 Å². The third-order valence-corrected chi connectivity index (χ3v) is 3.87. The number of hydrazine groups is 1. The number of carbonyl (C=O) groups excluding carboxylic acids is 2. The first kappa shape index (κ1) is 20.0. The number of rotatable bonds is 4. The molecule has 3 aromatic rings. The number of nitrogens with zero attached hydrogens (tertiary/aromatic N) is 3. The quantitative estimate of drug-likeness (QED) is 0.585. The summed E-state index contributed by atoms with van der Waals surface area (Å²) in [5, 5.41) is 6.62. The van der Waals surface area contributed by atoms with Gasteiger partial charge in [-0.2, -0.15) is 4.98 Å². The monoisotopic (exact) mass is 394 g/mol. The average molecular weight is 394 g/mol. The number of anilines is 1. The zero-order chi connectivity index (χ0) is 20.9. The second kappa shape index (κ2) is 8.51. The van der Waals surface area contributed by atoms with Gasteiger partial charge in [-0.1, -0.05) is 32.0 Å². The highest BCUT2D eigenvalue weighted by atomic mass is 16.5. The molecule has 2 aromatic heterocycles. The minimum Gasteiger partial charge on any atom is -0.338 e. The first-order chi connectivity index (χ1) is 13.8. The molecule has 0 saturated carbocycles. The van der Waals surface area contributed by atoms with Gasteiger partial charge in [-0.3, -0.25) is 15.2 Å². The van der Waals surface area contributed by atoms with Crippen LogP contribution in [0.4, 0.5) is 10.5 Å². The Morgan fingerprint density at radius 1 is 1.07 bits per heavy atom. The Balaban J connectivity index is 1.51. The summed E-state index contributed by atoms with van der Waals surface area (Å²) in [5.41, 5.74) is 6.48. The smallest absolute Gasteiger partial charge is 0.337 e. The van der Waals surface area contributed by atoms with E-state index >= 15 is 0 Å². The molecule has 0 spiro atoms. The second-order valence-corrected chi connectivity index (χ2v) is 7.42. The van der Waals surface area contributed by atoms with Crippen molar-refractivity contribution in [3.63, 3.8) is 0 Å². The molecule has 0 atom stereocenters. The number of amides is 3. The van der Waals surface area contributed by atoms with Gasteiger partial charge >= 0.3 is 6.03 Å². The van der Waals surface area contributed by atoms with Gasteiger partial charge in [0.2, 0.25) is 17.6 Å². The lowest BCUT2D eigenvalue weighted by Crippen LogP contribution is -2.44. The number of carbonyl (C=O) groups is 2. The second-order valence-electron chi connectivity index (χ2n) is 7.42. The Morgan fingerprint density at radius 2 is 1.83 bits per heavy atom. The summed E-state index contributed by atoms with van der Waals surface area (Å²) < 4.78 is 5.29. The molecule has 0 aliphatic rings. The van der Waals surface area contributed by atoms with Crippen LogP contribution in [0.2, 0.25) is 0 Å². The zero-order valence-corrected chi connectivity index (χ0v) is 16.4. The van der Waals surface area contributed by atoms with Gasteiger partial charge in [-0.25, -0.2) is 10.2 Å². The molecule has 0 saturated heterocycles. The summed E-state index contributed by atoms with van der Waals surface area (Å²) >= 11 is 0. The lowest BCUT2D eigenvalue weighted by atomic mass is 9.97. The molecule has 0 bridgehead atoms. The van der Waals surface area contributed by atoms with E-state index in [9.17, 15) is 9.59 Å². The highest BCUT2D eigenvalue weighted by Gasteiger charge is 2.22. The Kier molecular flexibility index (Phi) is 5.87. The minimum atomic E-state index is -0.563. The maximum Gasteiger partial charge on any atom is 0.337 e. The molecule has 9 nitrogen and oxygen atoms in total. The molecule has 0 aliphatic heterocycles. The van der Waals surface area contributed by atoms with E-state index in [2.05, 4.69) is 31.3 Å². The molecule has 29 heavy (non-hydrogen) atoms. The van der Waals surface area contributed by atoms with Crippen molar-refractivity contribution in [1.82, 2.24) is 26.0 Å². The van der Waals surface area contributed by atoms with Gasteiger partial charge in [-0.15, -0.1) is 0 Å². The number of aromatic nitrogens is 3. The predicted molar refractivity (Wildman–Crippen MR) is 107 cm³/mol. The van der Waals surface area contributed by atoms with Crippen molar-refractivity contribution >= 4 is 17.6 Å². The zero-order valence-electron chi connectivity index (χ0n) is 16.4. The summed E-state index contributed by atoms with van der Waals surface area (Å²) in [6.45, 7) is 5.97. The van der Waals surface area contributed by atoms with Gasteiger partial charge in [0.1, 0.15) is 0 Å². The number of urea groups is 1. The van der Waals surface area contributed by atoms with Gasteiger partial charge in [0.25, 0.3) is 0 Å². The summed E-state index contributed by atoms with van der Waals surface area (Å²) in [7, 11) is 0. The standard InChI is InChI=1S/C20H22N6O3/c1-20(2,3)18-23-17(26-29-18)14-6-8-15(9-7-14)22-19(28)25-24-16(27)11-13-5-4-10-21-12-13/h4-10,12H,11H2,1-3H3,(H,24,27)(H2,22,25,28). The Morgan fingerprint density at radius 3 is 2.45 bits per heavy atom. The number of nitrogens with one attached hydrogen (secondary N) is 3. The molecule has 2 heterocycles. The largest absolute Gasteiger partial charge is 0.338 e. The van der Waals surface area contributed by atoms with E-state index in [0.717, 1.165) is 11.1 Å². The average Bonchev–Trinajstić information content (AvgIpc) is 3.19. The van der Waals surface area contributed by atoms with Gasteiger partial charge in [0, 0.05) is 29.1 Å². The van der Waals surface area contributed by atoms with E-state index in [-0.39, 0.29) is 17.7 Å². The van der Waals surface area contributed by atoms with Gasteiger partial charge in [0.05, 0.1) is 6.42 Å². The fraction of sp³-hybridized carbons (Fsp3) is 0.250. The SMILES string of the molecule is CC(C)(C)c1nc(-c2ccc(NC(=O)NNC(=O)Cc3cccnc3)cc2)no1. The fourth-order valence-corrected chi connectivity index (χ4v) is 2.37. The van der Waals surface area contributed by atoms with Crippen LogP contribution in [0.3, 0.4) is 0 Å². The van der Waals surface area contributed by atoms with E-state index in [4.69, 9.17) is 4.52 Å². The molecule has 3 rings (SSSR count). The molecule has 1 aromatic carbocycles. The number of pyridine rings is 1. The maximum atomic E-state index is 11.9. The van der Waals surface area contributed by atoms with E-state index < -0.39 is 6.03 Å². The van der Waals surface area contributed by atoms with Crippen molar-refractivity contribution in [3.05, 3.63) is 60.2 Å². The topological polar surface area (TPSA) is 122 Å². The molecule has 0 fully saturated rings. The van der Waals surface area contributed by atoms with Crippen LogP contribution in [-0.4, -0.2) is 27.1 Å². The summed E-state index contributed by atoms with van der Waals surface area (Å²) in [5.74, 6) is 0.681. The molecule has 0 aliphatic carbocycles. The van der Waals surface area contributed by atoms with Crippen molar-refractivity contribution < 1.29 is 14.1 Å². The molecule has 0 radical (unpaired) electrons. The Labute approximate surface area is 167 Å². The van der Waals surface area contributed by atoms with Gasteiger partial charge in [0.15, 0.2) is 0 Å². The van der Waals surface area contributed by atoms with E-state index in [1.54, 1.807) is 48.8 Å². The van der Waals surface area contributed by atoms with Crippen LogP contribution in [0.25, 0.3) is 11.4 Å². The molecule has 0 unspecified atom stereocenters. The number of benzene rings is 1. The molecular weight excluding hydrogens is 372 g/mol. The normalized spacial score (nSPS) is 11.0. The highest BCUT2D eigenvalue weighted by Crippen LogP contribution is 2.24. The van der Waals surface area contributed by atoms with Crippen LogP contribution in [0.15, 0.2) is 53.3 Å². The van der Waals surface area contributed by atoms with Crippen molar-refractivity contribution in [1.29, 1.82) is 0 Å². The third-order valence-electron chi connectivity index (χ3n) is 3.87. The highest BCUT2D eigenvalue weighted by molar-refractivity contribution is 5.91. The first-order valence-corrected chi connectivity index (χ1v) is 9.00.